The maximum absolute atomic E-state index is 12.3. The number of nitrogens with one attached hydrogen (secondary N) is 1. The Kier molecular flexibility index (Phi) is 6.75. The average Bonchev–Trinajstić information content (AvgIpc) is 2.51. The summed E-state index contributed by atoms with van der Waals surface area (Å²) in [5, 5.41) is 2.77. The second kappa shape index (κ2) is 8.80. The SMILES string of the molecule is Cc1ccc(CN(C)CC(=O)Nc2ccc(SC(F)F)cc2)cc1. The smallest absolute Gasteiger partial charge is 0.288 e. The molecule has 0 fully saturated rings. The summed E-state index contributed by atoms with van der Waals surface area (Å²) < 4.78 is 24.5. The molecule has 24 heavy (non-hydrogen) atoms. The molecular weight excluding hydrogens is 330 g/mol. The Balaban J connectivity index is 1.82. The number of amides is 1. The van der Waals surface area contributed by atoms with Crippen molar-refractivity contribution in [1.29, 1.82) is 0 Å². The lowest BCUT2D eigenvalue weighted by Crippen LogP contribution is -2.29. The highest BCUT2D eigenvalue weighted by molar-refractivity contribution is 7.99. The highest BCUT2D eigenvalue weighted by Crippen LogP contribution is 2.26. The van der Waals surface area contributed by atoms with Crippen molar-refractivity contribution in [3.63, 3.8) is 0 Å². The molecule has 0 aliphatic heterocycles. The van der Waals surface area contributed by atoms with E-state index in [1.807, 2.05) is 43.1 Å². The number of nitrogens with zero attached hydrogens (tertiary/aromatic N) is 1. The third-order valence-electron chi connectivity index (χ3n) is 3.35. The molecule has 0 heterocycles. The molecule has 0 aliphatic carbocycles. The molecule has 0 unspecified atom stereocenters. The van der Waals surface area contributed by atoms with Crippen LogP contribution in [0, 0.1) is 6.92 Å². The number of thioether (sulfide) groups is 1. The number of anilines is 1. The monoisotopic (exact) mass is 350 g/mol. The maximum Gasteiger partial charge on any atom is 0.288 e. The van der Waals surface area contributed by atoms with Gasteiger partial charge in [0.2, 0.25) is 5.91 Å². The van der Waals surface area contributed by atoms with Crippen LogP contribution >= 0.6 is 11.8 Å². The molecule has 3 nitrogen and oxygen atoms in total. The molecule has 128 valence electrons. The first kappa shape index (κ1) is 18.4. The number of halogens is 2. The van der Waals surface area contributed by atoms with Gasteiger partial charge in [0, 0.05) is 17.1 Å². The van der Waals surface area contributed by atoms with Gasteiger partial charge in [0.25, 0.3) is 5.76 Å². The van der Waals surface area contributed by atoms with Crippen molar-refractivity contribution in [1.82, 2.24) is 4.90 Å². The zero-order valence-corrected chi connectivity index (χ0v) is 14.4. The Hall–Kier alpha value is -1.92. The van der Waals surface area contributed by atoms with E-state index in [2.05, 4.69) is 5.32 Å². The minimum absolute atomic E-state index is 0.140. The van der Waals surface area contributed by atoms with Crippen molar-refractivity contribution in [2.24, 2.45) is 0 Å². The van der Waals surface area contributed by atoms with Gasteiger partial charge >= 0.3 is 0 Å². The van der Waals surface area contributed by atoms with Gasteiger partial charge in [-0.2, -0.15) is 8.78 Å². The minimum atomic E-state index is -2.44. The van der Waals surface area contributed by atoms with Gasteiger partial charge < -0.3 is 5.32 Å². The average molecular weight is 350 g/mol. The van der Waals surface area contributed by atoms with Crippen molar-refractivity contribution in [3.8, 4) is 0 Å². The summed E-state index contributed by atoms with van der Waals surface area (Å²) in [4.78, 5) is 14.4. The quantitative estimate of drug-likeness (QED) is 0.752. The van der Waals surface area contributed by atoms with Crippen LogP contribution in [0.5, 0.6) is 0 Å². The lowest BCUT2D eigenvalue weighted by atomic mass is 10.1. The van der Waals surface area contributed by atoms with Crippen LogP contribution in [0.15, 0.2) is 53.4 Å². The molecule has 2 aromatic rings. The number of carbonyl (C=O) groups is 1. The number of benzene rings is 2. The zero-order chi connectivity index (χ0) is 17.5. The molecule has 2 rings (SSSR count). The van der Waals surface area contributed by atoms with E-state index < -0.39 is 5.76 Å². The van der Waals surface area contributed by atoms with Crippen LogP contribution in [0.4, 0.5) is 14.5 Å². The molecule has 0 radical (unpaired) electrons. The van der Waals surface area contributed by atoms with Gasteiger partial charge in [-0.15, -0.1) is 0 Å². The third-order valence-corrected chi connectivity index (χ3v) is 4.07. The number of hydrogen-bond donors (Lipinski definition) is 1. The minimum Gasteiger partial charge on any atom is -0.325 e. The van der Waals surface area contributed by atoms with Crippen LogP contribution in [0.25, 0.3) is 0 Å². The molecule has 0 atom stereocenters. The van der Waals surface area contributed by atoms with Gasteiger partial charge in [-0.3, -0.25) is 9.69 Å². The summed E-state index contributed by atoms with van der Waals surface area (Å²) >= 11 is 0.485. The molecule has 0 aromatic heterocycles. The molecular formula is C18H20F2N2OS. The van der Waals surface area contributed by atoms with Crippen molar-refractivity contribution in [2.75, 3.05) is 18.9 Å². The zero-order valence-electron chi connectivity index (χ0n) is 13.6. The molecule has 6 heteroatoms. The van der Waals surface area contributed by atoms with E-state index in [-0.39, 0.29) is 12.5 Å². The van der Waals surface area contributed by atoms with Gasteiger partial charge in [0.1, 0.15) is 0 Å². The Morgan fingerprint density at radius 1 is 1.12 bits per heavy atom. The fraction of sp³-hybridized carbons (Fsp3) is 0.278. The van der Waals surface area contributed by atoms with Crippen LogP contribution in [0.1, 0.15) is 11.1 Å². The summed E-state index contributed by atoms with van der Waals surface area (Å²) in [6.07, 6.45) is 0. The first-order chi connectivity index (χ1) is 11.4. The first-order valence-electron chi connectivity index (χ1n) is 7.51. The second-order valence-corrected chi connectivity index (χ2v) is 6.67. The number of aryl methyl sites for hydroxylation is 1. The topological polar surface area (TPSA) is 32.3 Å². The summed E-state index contributed by atoms with van der Waals surface area (Å²) in [6.45, 7) is 2.96. The van der Waals surface area contributed by atoms with E-state index in [1.54, 1.807) is 24.3 Å². The van der Waals surface area contributed by atoms with Crippen LogP contribution in [-0.2, 0) is 11.3 Å². The van der Waals surface area contributed by atoms with Crippen molar-refractivity contribution < 1.29 is 13.6 Å². The van der Waals surface area contributed by atoms with Crippen LogP contribution < -0.4 is 5.32 Å². The summed E-state index contributed by atoms with van der Waals surface area (Å²) in [6, 6.07) is 14.6. The highest BCUT2D eigenvalue weighted by Gasteiger charge is 2.09. The Morgan fingerprint density at radius 3 is 2.33 bits per heavy atom. The molecule has 0 saturated carbocycles. The lowest BCUT2D eigenvalue weighted by Gasteiger charge is -2.16. The fourth-order valence-corrected chi connectivity index (χ4v) is 2.73. The summed E-state index contributed by atoms with van der Waals surface area (Å²) in [5.41, 5.74) is 2.94. The number of rotatable bonds is 7. The van der Waals surface area contributed by atoms with E-state index in [1.165, 1.54) is 5.56 Å². The lowest BCUT2D eigenvalue weighted by molar-refractivity contribution is -0.117. The second-order valence-electron chi connectivity index (χ2n) is 5.61. The van der Waals surface area contributed by atoms with E-state index in [0.29, 0.717) is 28.9 Å². The summed E-state index contributed by atoms with van der Waals surface area (Å²) in [5.74, 6) is -2.58. The largest absolute Gasteiger partial charge is 0.325 e. The van der Waals surface area contributed by atoms with Gasteiger partial charge in [-0.05, 0) is 43.8 Å². The molecule has 0 spiro atoms. The molecule has 0 saturated heterocycles. The summed E-state index contributed by atoms with van der Waals surface area (Å²) in [7, 11) is 1.88. The van der Waals surface area contributed by atoms with Gasteiger partial charge in [-0.25, -0.2) is 0 Å². The van der Waals surface area contributed by atoms with E-state index in [9.17, 15) is 13.6 Å². The van der Waals surface area contributed by atoms with Gasteiger partial charge in [-0.1, -0.05) is 41.6 Å². The Labute approximate surface area is 145 Å². The molecule has 0 bridgehead atoms. The standard InChI is InChI=1S/C18H20F2N2OS/c1-13-3-5-14(6-4-13)11-22(2)12-17(23)21-15-7-9-16(10-8-15)24-18(19)20/h3-10,18H,11-12H2,1-2H3,(H,21,23). The normalized spacial score (nSPS) is 11.1. The number of alkyl halides is 2. The number of carbonyl (C=O) groups excluding carboxylic acids is 1. The predicted octanol–water partition coefficient (Wildman–Crippen LogP) is 4.38. The van der Waals surface area contributed by atoms with Crippen LogP contribution in [0.2, 0.25) is 0 Å². The number of likely N-dealkylation sites (N-methyl/N-ethyl adjacent to an activating group) is 1. The fourth-order valence-electron chi connectivity index (χ4n) is 2.23. The molecule has 1 amide bonds. The van der Waals surface area contributed by atoms with Gasteiger partial charge in [0.15, 0.2) is 0 Å². The van der Waals surface area contributed by atoms with Crippen LogP contribution in [-0.4, -0.2) is 30.2 Å². The van der Waals surface area contributed by atoms with Crippen molar-refractivity contribution in [3.05, 3.63) is 59.7 Å². The highest BCUT2D eigenvalue weighted by atomic mass is 32.2. The number of hydrogen-bond acceptors (Lipinski definition) is 3. The van der Waals surface area contributed by atoms with E-state index in [0.717, 1.165) is 5.56 Å². The Bertz CT molecular complexity index is 660. The maximum atomic E-state index is 12.3. The predicted molar refractivity (Wildman–Crippen MR) is 94.4 cm³/mol. The Morgan fingerprint density at radius 2 is 1.75 bits per heavy atom. The van der Waals surface area contributed by atoms with Crippen molar-refractivity contribution >= 4 is 23.4 Å². The van der Waals surface area contributed by atoms with Crippen molar-refractivity contribution in [2.45, 2.75) is 24.1 Å². The molecule has 1 N–H and O–H groups in total. The first-order valence-corrected chi connectivity index (χ1v) is 8.39. The van der Waals surface area contributed by atoms with E-state index >= 15 is 0 Å². The van der Waals surface area contributed by atoms with E-state index in [4.69, 9.17) is 0 Å². The van der Waals surface area contributed by atoms with Gasteiger partial charge in [0.05, 0.1) is 6.54 Å². The third kappa shape index (κ3) is 6.29. The molecule has 0 aliphatic rings. The van der Waals surface area contributed by atoms with Crippen LogP contribution in [0.3, 0.4) is 0 Å². The molecule has 2 aromatic carbocycles.